The van der Waals surface area contributed by atoms with Crippen molar-refractivity contribution < 1.29 is 9.90 Å². The Morgan fingerprint density at radius 1 is 1.27 bits per heavy atom. The van der Waals surface area contributed by atoms with Crippen LogP contribution in [-0.2, 0) is 0 Å². The number of nitrogens with one attached hydrogen (secondary N) is 2. The summed E-state index contributed by atoms with van der Waals surface area (Å²) in [5.74, 6) is 0.358. The molecule has 0 fully saturated rings. The van der Waals surface area contributed by atoms with Crippen molar-refractivity contribution in [2.24, 2.45) is 0 Å². The minimum Gasteiger partial charge on any atom is -0.464 e. The van der Waals surface area contributed by atoms with Gasteiger partial charge in [-0.15, -0.1) is 0 Å². The van der Waals surface area contributed by atoms with Gasteiger partial charge >= 0.3 is 6.09 Å². The number of hydrogen-bond donors (Lipinski definition) is 3. The van der Waals surface area contributed by atoms with Gasteiger partial charge in [0, 0.05) is 0 Å². The fraction of sp³-hybridized carbons (Fsp3) is 0. The molecule has 0 aliphatic carbocycles. The molecule has 1 aromatic carbocycles. The molecule has 0 saturated carbocycles. The van der Waals surface area contributed by atoms with Crippen LogP contribution in [0.25, 0.3) is 11.0 Å². The summed E-state index contributed by atoms with van der Waals surface area (Å²) in [5.41, 5.74) is 5.87. The van der Waals surface area contributed by atoms with Crippen LogP contribution in [0.15, 0.2) is 30.5 Å². The molecule has 76 valence electrons. The number of amides is 1. The molecule has 2 rings (SSSR count). The number of carbonyl (C=O) groups is 1. The van der Waals surface area contributed by atoms with Gasteiger partial charge in [-0.25, -0.2) is 15.2 Å². The summed E-state index contributed by atoms with van der Waals surface area (Å²) in [6.07, 6.45) is 0.281. The molecule has 0 unspecified atom stereocenters. The highest BCUT2D eigenvalue weighted by Crippen LogP contribution is 2.10. The van der Waals surface area contributed by atoms with Crippen LogP contribution in [0.2, 0.25) is 0 Å². The Labute approximate surface area is 84.9 Å². The summed E-state index contributed by atoms with van der Waals surface area (Å²) in [6.45, 7) is 0. The van der Waals surface area contributed by atoms with Crippen molar-refractivity contribution in [2.45, 2.75) is 0 Å². The van der Waals surface area contributed by atoms with Crippen LogP contribution in [0.3, 0.4) is 0 Å². The summed E-state index contributed by atoms with van der Waals surface area (Å²) in [4.78, 5) is 18.5. The van der Waals surface area contributed by atoms with Crippen molar-refractivity contribution in [1.82, 2.24) is 15.4 Å². The molecule has 0 spiro atoms. The van der Waals surface area contributed by atoms with E-state index in [2.05, 4.69) is 15.4 Å². The van der Waals surface area contributed by atoms with Crippen molar-refractivity contribution in [3.05, 3.63) is 30.5 Å². The number of carboxylic acid groups (broad SMARTS) is 1. The maximum absolute atomic E-state index is 10.2. The lowest BCUT2D eigenvalue weighted by atomic mass is 10.3. The summed E-state index contributed by atoms with van der Waals surface area (Å²) in [6, 6.07) is 7.33. The minimum atomic E-state index is -1.18. The molecule has 0 atom stereocenters. The van der Waals surface area contributed by atoms with Crippen LogP contribution in [0.4, 0.5) is 10.6 Å². The molecule has 1 aromatic heterocycles. The van der Waals surface area contributed by atoms with Gasteiger partial charge in [-0.1, -0.05) is 12.1 Å². The number of hydrogen-bond acceptors (Lipinski definition) is 4. The predicted molar refractivity (Wildman–Crippen MR) is 54.3 cm³/mol. The summed E-state index contributed by atoms with van der Waals surface area (Å²) in [5, 5.41) is 8.37. The van der Waals surface area contributed by atoms with Crippen molar-refractivity contribution in [3.8, 4) is 0 Å². The molecule has 1 amide bonds. The van der Waals surface area contributed by atoms with E-state index < -0.39 is 6.09 Å². The third-order valence-electron chi connectivity index (χ3n) is 1.75. The lowest BCUT2D eigenvalue weighted by Gasteiger charge is -2.04. The van der Waals surface area contributed by atoms with Gasteiger partial charge in [-0.3, -0.25) is 10.4 Å². The molecule has 2 aromatic rings. The normalized spacial score (nSPS) is 9.87. The summed E-state index contributed by atoms with van der Waals surface area (Å²) < 4.78 is 0. The molecule has 0 radical (unpaired) electrons. The standard InChI is InChI=1S/C9H8N4O2/c14-9(15)13-12-8-5-10-6-3-1-2-4-7(6)11-8/h1-5,13H,(H,11,12)(H,14,15). The fourth-order valence-electron chi connectivity index (χ4n) is 1.13. The number of fused-ring (bicyclic) bond motifs is 1. The monoisotopic (exact) mass is 204 g/mol. The molecule has 0 aliphatic heterocycles. The van der Waals surface area contributed by atoms with Gasteiger partial charge in [-0.05, 0) is 12.1 Å². The van der Waals surface area contributed by atoms with Crippen LogP contribution in [0.5, 0.6) is 0 Å². The Kier molecular flexibility index (Phi) is 2.32. The quantitative estimate of drug-likeness (QED) is 0.640. The molecule has 6 heteroatoms. The second kappa shape index (κ2) is 3.79. The zero-order chi connectivity index (χ0) is 10.7. The molecular formula is C9H8N4O2. The molecule has 1 heterocycles. The highest BCUT2D eigenvalue weighted by atomic mass is 16.4. The lowest BCUT2D eigenvalue weighted by molar-refractivity contribution is 0.197. The molecule has 3 N–H and O–H groups in total. The van der Waals surface area contributed by atoms with Gasteiger partial charge in [0.25, 0.3) is 0 Å². The maximum Gasteiger partial charge on any atom is 0.423 e. The van der Waals surface area contributed by atoms with E-state index in [1.165, 1.54) is 6.20 Å². The average Bonchev–Trinajstić information content (AvgIpc) is 2.26. The minimum absolute atomic E-state index is 0.358. The second-order valence-electron chi connectivity index (χ2n) is 2.80. The third-order valence-corrected chi connectivity index (χ3v) is 1.75. The Balaban J connectivity index is 2.26. The Morgan fingerprint density at radius 3 is 2.73 bits per heavy atom. The number of nitrogens with zero attached hydrogens (tertiary/aromatic N) is 2. The first kappa shape index (κ1) is 9.20. The van der Waals surface area contributed by atoms with Crippen LogP contribution in [-0.4, -0.2) is 21.2 Å². The van der Waals surface area contributed by atoms with Crippen molar-refractivity contribution in [3.63, 3.8) is 0 Å². The first-order chi connectivity index (χ1) is 7.25. The number of rotatable bonds is 2. The van der Waals surface area contributed by atoms with E-state index in [-0.39, 0.29) is 0 Å². The van der Waals surface area contributed by atoms with E-state index in [1.807, 2.05) is 23.6 Å². The van der Waals surface area contributed by atoms with Crippen LogP contribution < -0.4 is 10.9 Å². The van der Waals surface area contributed by atoms with Gasteiger partial charge in [0.1, 0.15) is 0 Å². The topological polar surface area (TPSA) is 87.1 Å². The van der Waals surface area contributed by atoms with Crippen LogP contribution in [0, 0.1) is 0 Å². The van der Waals surface area contributed by atoms with Crippen LogP contribution >= 0.6 is 0 Å². The van der Waals surface area contributed by atoms with E-state index in [4.69, 9.17) is 5.11 Å². The Bertz CT molecular complexity index is 500. The number of para-hydroxylation sites is 2. The Hall–Kier alpha value is -2.37. The van der Waals surface area contributed by atoms with Gasteiger partial charge in [-0.2, -0.15) is 0 Å². The highest BCUT2D eigenvalue weighted by Gasteiger charge is 1.99. The third kappa shape index (κ3) is 2.11. The molecule has 0 saturated heterocycles. The predicted octanol–water partition coefficient (Wildman–Crippen LogP) is 1.22. The van der Waals surface area contributed by atoms with Crippen molar-refractivity contribution >= 4 is 22.9 Å². The van der Waals surface area contributed by atoms with E-state index >= 15 is 0 Å². The molecule has 6 nitrogen and oxygen atoms in total. The maximum atomic E-state index is 10.2. The Morgan fingerprint density at radius 2 is 2.00 bits per heavy atom. The number of aromatic nitrogens is 2. The molecule has 0 aliphatic rings. The molecular weight excluding hydrogens is 196 g/mol. The largest absolute Gasteiger partial charge is 0.464 e. The van der Waals surface area contributed by atoms with Gasteiger partial charge in [0.15, 0.2) is 5.82 Å². The van der Waals surface area contributed by atoms with Crippen molar-refractivity contribution in [1.29, 1.82) is 0 Å². The molecule has 0 bridgehead atoms. The number of hydrazine groups is 1. The van der Waals surface area contributed by atoms with Gasteiger partial charge in [0.05, 0.1) is 17.2 Å². The first-order valence-corrected chi connectivity index (χ1v) is 4.22. The average molecular weight is 204 g/mol. The summed E-state index contributed by atoms with van der Waals surface area (Å²) in [7, 11) is 0. The van der Waals surface area contributed by atoms with E-state index in [1.54, 1.807) is 6.07 Å². The smallest absolute Gasteiger partial charge is 0.423 e. The van der Waals surface area contributed by atoms with E-state index in [0.29, 0.717) is 11.3 Å². The van der Waals surface area contributed by atoms with Gasteiger partial charge < -0.3 is 5.11 Å². The highest BCUT2D eigenvalue weighted by molar-refractivity contribution is 5.75. The van der Waals surface area contributed by atoms with Crippen molar-refractivity contribution in [2.75, 3.05) is 5.43 Å². The van der Waals surface area contributed by atoms with Crippen LogP contribution in [0.1, 0.15) is 0 Å². The van der Waals surface area contributed by atoms with Gasteiger partial charge in [0.2, 0.25) is 0 Å². The molecule has 15 heavy (non-hydrogen) atoms. The van der Waals surface area contributed by atoms with E-state index in [0.717, 1.165) is 5.52 Å². The summed E-state index contributed by atoms with van der Waals surface area (Å²) >= 11 is 0. The lowest BCUT2D eigenvalue weighted by Crippen LogP contribution is -2.27. The second-order valence-corrected chi connectivity index (χ2v) is 2.80. The SMILES string of the molecule is O=C(O)NNc1cnc2ccccc2n1. The number of benzene rings is 1. The zero-order valence-electron chi connectivity index (χ0n) is 7.64. The zero-order valence-corrected chi connectivity index (χ0v) is 7.64. The first-order valence-electron chi connectivity index (χ1n) is 4.22. The van der Waals surface area contributed by atoms with E-state index in [9.17, 15) is 4.79 Å². The number of anilines is 1. The fourth-order valence-corrected chi connectivity index (χ4v) is 1.13.